The summed E-state index contributed by atoms with van der Waals surface area (Å²) in [4.78, 5) is 0. The van der Waals surface area contributed by atoms with Crippen LogP contribution in [-0.4, -0.2) is 29.0 Å². The van der Waals surface area contributed by atoms with Crippen LogP contribution in [0.1, 0.15) is 52.7 Å². The van der Waals surface area contributed by atoms with Gasteiger partial charge in [0.15, 0.2) is 0 Å². The number of hydrogen-bond donors (Lipinski definition) is 1. The molecule has 1 N–H and O–H groups in total. The highest BCUT2D eigenvalue weighted by Crippen LogP contribution is 2.39. The maximum atomic E-state index is 14.6. The summed E-state index contributed by atoms with van der Waals surface area (Å²) in [7, 11) is -1.04. The predicted octanol–water partition coefficient (Wildman–Crippen LogP) is 3.75. The van der Waals surface area contributed by atoms with Gasteiger partial charge in [0.25, 0.3) is 0 Å². The number of rotatable bonds is 2. The van der Waals surface area contributed by atoms with Gasteiger partial charge in [-0.15, -0.1) is 0 Å². The van der Waals surface area contributed by atoms with E-state index in [1.165, 1.54) is 6.08 Å². The summed E-state index contributed by atoms with van der Waals surface area (Å²) in [5, 5.41) is 9.74. The van der Waals surface area contributed by atoms with Crippen LogP contribution in [0, 0.1) is 11.8 Å². The normalized spacial score (nSPS) is 19.8. The average Bonchev–Trinajstić information content (AvgIpc) is 2.66. The van der Waals surface area contributed by atoms with Crippen molar-refractivity contribution < 1.29 is 18.8 Å². The molecule has 5 heteroatoms. The lowest BCUT2D eigenvalue weighted by molar-refractivity contribution is 0.00578. The second-order valence-electron chi connectivity index (χ2n) is 7.51. The molecule has 2 rings (SSSR count). The zero-order valence-electron chi connectivity index (χ0n) is 15.1. The first-order valence-electron chi connectivity index (χ1n) is 7.99. The number of benzene rings is 1. The molecule has 1 aromatic carbocycles. The summed E-state index contributed by atoms with van der Waals surface area (Å²) in [5.41, 5.74) is -1.56. The number of halogens is 1. The first kappa shape index (κ1) is 18.7. The van der Waals surface area contributed by atoms with Crippen molar-refractivity contribution >= 4 is 13.2 Å². The van der Waals surface area contributed by atoms with E-state index in [9.17, 15) is 9.50 Å². The van der Waals surface area contributed by atoms with Crippen LogP contribution in [0.15, 0.2) is 30.0 Å². The standard InChI is InChI=1S/C19H24BFO3/c1-17(2,22)12-11-14-9-7-8-10-15(14)13-16(21)20-23-18(3,4)19(5,6)24-20/h7-10,13,22H,1-6H3. The van der Waals surface area contributed by atoms with Gasteiger partial charge in [-0.05, 0) is 59.2 Å². The molecule has 24 heavy (non-hydrogen) atoms. The molecule has 1 aromatic rings. The lowest BCUT2D eigenvalue weighted by Gasteiger charge is -2.32. The minimum Gasteiger partial charge on any atom is -0.398 e. The van der Waals surface area contributed by atoms with Gasteiger partial charge < -0.3 is 14.4 Å². The Balaban J connectivity index is 2.30. The molecule has 1 fully saturated rings. The van der Waals surface area contributed by atoms with E-state index in [1.54, 1.807) is 32.0 Å². The quantitative estimate of drug-likeness (QED) is 0.663. The summed E-state index contributed by atoms with van der Waals surface area (Å²) < 4.78 is 26.1. The second kappa shape index (κ2) is 6.36. The van der Waals surface area contributed by atoms with Crippen molar-refractivity contribution in [2.24, 2.45) is 0 Å². The van der Waals surface area contributed by atoms with Gasteiger partial charge in [0.05, 0.1) is 11.2 Å². The summed E-state index contributed by atoms with van der Waals surface area (Å²) in [6.07, 6.45) is 1.37. The smallest absolute Gasteiger partial charge is 0.398 e. The molecule has 1 aliphatic heterocycles. The van der Waals surface area contributed by atoms with Crippen LogP contribution in [0.25, 0.3) is 6.08 Å². The molecular weight excluding hydrogens is 306 g/mol. The SMILES string of the molecule is CC(C)(O)C#Cc1ccccc1C=C(F)B1OC(C)(C)C(C)(C)O1. The van der Waals surface area contributed by atoms with E-state index in [2.05, 4.69) is 11.8 Å². The third kappa shape index (κ3) is 4.27. The van der Waals surface area contributed by atoms with Gasteiger partial charge in [-0.2, -0.15) is 0 Å². The van der Waals surface area contributed by atoms with E-state index in [0.29, 0.717) is 11.1 Å². The maximum Gasteiger partial charge on any atom is 0.525 e. The molecule has 0 spiro atoms. The highest BCUT2D eigenvalue weighted by Gasteiger charge is 2.53. The molecule has 3 nitrogen and oxygen atoms in total. The van der Waals surface area contributed by atoms with Crippen LogP contribution in [0.2, 0.25) is 0 Å². The Hall–Kier alpha value is -1.61. The fourth-order valence-corrected chi connectivity index (χ4v) is 2.13. The highest BCUT2D eigenvalue weighted by atomic mass is 19.1. The van der Waals surface area contributed by atoms with E-state index >= 15 is 0 Å². The summed E-state index contributed by atoms with van der Waals surface area (Å²) >= 11 is 0. The Labute approximate surface area is 144 Å². The maximum absolute atomic E-state index is 14.6. The highest BCUT2D eigenvalue weighted by molar-refractivity contribution is 6.54. The largest absolute Gasteiger partial charge is 0.525 e. The van der Waals surface area contributed by atoms with Crippen LogP contribution in [0.3, 0.4) is 0 Å². The fraction of sp³-hybridized carbons (Fsp3) is 0.474. The second-order valence-corrected chi connectivity index (χ2v) is 7.51. The molecule has 1 saturated heterocycles. The topological polar surface area (TPSA) is 38.7 Å². The molecule has 1 aliphatic rings. The van der Waals surface area contributed by atoms with Crippen LogP contribution in [0.5, 0.6) is 0 Å². The van der Waals surface area contributed by atoms with Gasteiger partial charge in [-0.25, -0.2) is 4.39 Å². The monoisotopic (exact) mass is 330 g/mol. The van der Waals surface area contributed by atoms with Crippen LogP contribution >= 0.6 is 0 Å². The third-order valence-corrected chi connectivity index (χ3v) is 4.24. The zero-order chi connectivity index (χ0) is 18.2. The van der Waals surface area contributed by atoms with Gasteiger partial charge in [0.2, 0.25) is 0 Å². The molecule has 0 aliphatic carbocycles. The van der Waals surface area contributed by atoms with E-state index in [4.69, 9.17) is 9.31 Å². The molecule has 128 valence electrons. The Bertz CT molecular complexity index is 689. The molecule has 1 heterocycles. The van der Waals surface area contributed by atoms with Gasteiger partial charge >= 0.3 is 7.12 Å². The molecule has 0 radical (unpaired) electrons. The third-order valence-electron chi connectivity index (χ3n) is 4.24. The minimum atomic E-state index is -1.11. The lowest BCUT2D eigenvalue weighted by Crippen LogP contribution is -2.41. The first-order valence-corrected chi connectivity index (χ1v) is 7.99. The van der Waals surface area contributed by atoms with E-state index in [0.717, 1.165) is 0 Å². The zero-order valence-corrected chi connectivity index (χ0v) is 15.1. The summed E-state index contributed by atoms with van der Waals surface area (Å²) in [6, 6.07) is 7.17. The Kier molecular flexibility index (Phi) is 4.97. The van der Waals surface area contributed by atoms with Crippen molar-refractivity contribution in [3.8, 4) is 11.8 Å². The van der Waals surface area contributed by atoms with E-state index in [1.807, 2.05) is 33.8 Å². The Morgan fingerprint density at radius 2 is 1.71 bits per heavy atom. The van der Waals surface area contributed by atoms with Gasteiger partial charge in [-0.3, -0.25) is 0 Å². The molecule has 0 aromatic heterocycles. The average molecular weight is 330 g/mol. The van der Waals surface area contributed by atoms with E-state index in [-0.39, 0.29) is 0 Å². The van der Waals surface area contributed by atoms with Crippen molar-refractivity contribution in [3.63, 3.8) is 0 Å². The molecule has 0 amide bonds. The number of aliphatic hydroxyl groups is 1. The Morgan fingerprint density at radius 3 is 2.25 bits per heavy atom. The van der Waals surface area contributed by atoms with E-state index < -0.39 is 29.6 Å². The van der Waals surface area contributed by atoms with Crippen LogP contribution in [0.4, 0.5) is 4.39 Å². The van der Waals surface area contributed by atoms with Crippen molar-refractivity contribution in [2.45, 2.75) is 58.3 Å². The van der Waals surface area contributed by atoms with Gasteiger partial charge in [-0.1, -0.05) is 30.0 Å². The summed E-state index contributed by atoms with van der Waals surface area (Å²) in [6.45, 7) is 10.7. The van der Waals surface area contributed by atoms with Gasteiger partial charge in [0, 0.05) is 5.56 Å². The summed E-state index contributed by atoms with van der Waals surface area (Å²) in [5.74, 6) is 5.63. The fourth-order valence-electron chi connectivity index (χ4n) is 2.13. The molecule has 0 saturated carbocycles. The minimum absolute atomic E-state index is 0.508. The van der Waals surface area contributed by atoms with Gasteiger partial charge in [0.1, 0.15) is 11.3 Å². The van der Waals surface area contributed by atoms with Crippen molar-refractivity contribution in [1.29, 1.82) is 0 Å². The molecule has 0 atom stereocenters. The molecular formula is C19H24BFO3. The predicted molar refractivity (Wildman–Crippen MR) is 94.8 cm³/mol. The first-order chi connectivity index (χ1) is 10.9. The van der Waals surface area contributed by atoms with Crippen LogP contribution < -0.4 is 0 Å². The van der Waals surface area contributed by atoms with Crippen molar-refractivity contribution in [2.75, 3.05) is 0 Å². The Morgan fingerprint density at radius 1 is 1.17 bits per heavy atom. The van der Waals surface area contributed by atoms with Crippen LogP contribution in [-0.2, 0) is 9.31 Å². The van der Waals surface area contributed by atoms with Crippen molar-refractivity contribution in [1.82, 2.24) is 0 Å². The molecule has 0 bridgehead atoms. The number of hydrogen-bond acceptors (Lipinski definition) is 3. The lowest BCUT2D eigenvalue weighted by atomic mass is 9.86. The molecule has 0 unspecified atom stereocenters. The van der Waals surface area contributed by atoms with Crippen molar-refractivity contribution in [3.05, 3.63) is 41.1 Å².